The Balaban J connectivity index is 1.64. The van der Waals surface area contributed by atoms with E-state index in [1.165, 1.54) is 4.90 Å². The number of nitrogens with zero attached hydrogens (tertiary/aromatic N) is 2. The number of benzene rings is 3. The summed E-state index contributed by atoms with van der Waals surface area (Å²) in [6.45, 7) is 4.35. The van der Waals surface area contributed by atoms with Crippen LogP contribution in [0, 0.1) is 6.92 Å². The van der Waals surface area contributed by atoms with Crippen molar-refractivity contribution in [2.45, 2.75) is 26.3 Å². The van der Waals surface area contributed by atoms with Gasteiger partial charge in [-0.2, -0.15) is 0 Å². The molecule has 2 aromatic heterocycles. The molecule has 3 aromatic carbocycles. The fraction of sp³-hybridized carbons (Fsp3) is 0.179. The Morgan fingerprint density at radius 3 is 2.69 bits per heavy atom. The molecule has 0 spiro atoms. The highest BCUT2D eigenvalue weighted by Gasteiger charge is 2.45. The Morgan fingerprint density at radius 1 is 1.03 bits per heavy atom. The van der Waals surface area contributed by atoms with E-state index >= 15 is 0 Å². The van der Waals surface area contributed by atoms with Crippen molar-refractivity contribution in [3.8, 4) is 5.75 Å². The summed E-state index contributed by atoms with van der Waals surface area (Å²) in [6.07, 6.45) is 0.863. The smallest absolute Gasteiger partial charge is 0.296 e. The Morgan fingerprint density at radius 2 is 1.89 bits per heavy atom. The molecule has 0 fully saturated rings. The van der Waals surface area contributed by atoms with Crippen LogP contribution in [0.15, 0.2) is 80.5 Å². The molecule has 1 aliphatic heterocycles. The van der Waals surface area contributed by atoms with Crippen molar-refractivity contribution < 1.29 is 18.5 Å². The molecule has 35 heavy (non-hydrogen) atoms. The summed E-state index contributed by atoms with van der Waals surface area (Å²) in [4.78, 5) is 29.2. The topological polar surface area (TPSA) is 85.8 Å². The molecule has 7 nitrogen and oxygen atoms in total. The number of amides is 1. The third kappa shape index (κ3) is 3.31. The highest BCUT2D eigenvalue weighted by Crippen LogP contribution is 2.42. The average molecular weight is 466 g/mol. The number of aryl methyl sites for hydroxylation is 1. The molecule has 174 valence electrons. The second-order valence-corrected chi connectivity index (χ2v) is 8.63. The van der Waals surface area contributed by atoms with Gasteiger partial charge in [-0.25, -0.2) is 0 Å². The first-order chi connectivity index (χ1) is 17.1. The van der Waals surface area contributed by atoms with Gasteiger partial charge in [0.2, 0.25) is 5.76 Å². The number of aromatic nitrogens is 1. The summed E-state index contributed by atoms with van der Waals surface area (Å²) in [5.41, 5.74) is 1.14. The zero-order chi connectivity index (χ0) is 24.1. The van der Waals surface area contributed by atoms with Crippen LogP contribution in [-0.2, 0) is 0 Å². The molecule has 0 N–H and O–H groups in total. The molecule has 6 rings (SSSR count). The molecule has 5 aromatic rings. The highest BCUT2D eigenvalue weighted by atomic mass is 16.5. The van der Waals surface area contributed by atoms with E-state index < -0.39 is 11.9 Å². The van der Waals surface area contributed by atoms with E-state index in [2.05, 4.69) is 5.16 Å². The van der Waals surface area contributed by atoms with Crippen molar-refractivity contribution in [3.05, 3.63) is 99.6 Å². The maximum absolute atomic E-state index is 14.1. The molecular weight excluding hydrogens is 444 g/mol. The Hall–Kier alpha value is -4.39. The summed E-state index contributed by atoms with van der Waals surface area (Å²) >= 11 is 0. The van der Waals surface area contributed by atoms with Crippen LogP contribution in [0.3, 0.4) is 0 Å². The minimum atomic E-state index is -0.744. The summed E-state index contributed by atoms with van der Waals surface area (Å²) < 4.78 is 17.2. The second kappa shape index (κ2) is 8.13. The lowest BCUT2D eigenvalue weighted by Gasteiger charge is -2.22. The minimum Gasteiger partial charge on any atom is -0.494 e. The number of fused-ring (bicyclic) bond motifs is 4. The molecule has 1 atom stereocenters. The van der Waals surface area contributed by atoms with Crippen molar-refractivity contribution in [1.82, 2.24) is 5.16 Å². The van der Waals surface area contributed by atoms with Crippen LogP contribution in [0.2, 0.25) is 0 Å². The van der Waals surface area contributed by atoms with Crippen molar-refractivity contribution in [3.63, 3.8) is 0 Å². The zero-order valence-electron chi connectivity index (χ0n) is 19.3. The maximum atomic E-state index is 14.1. The van der Waals surface area contributed by atoms with E-state index in [1.54, 1.807) is 19.1 Å². The predicted octanol–water partition coefficient (Wildman–Crippen LogP) is 5.78. The van der Waals surface area contributed by atoms with Crippen molar-refractivity contribution in [2.24, 2.45) is 0 Å². The third-order valence-corrected chi connectivity index (χ3v) is 6.27. The van der Waals surface area contributed by atoms with Crippen LogP contribution in [0.4, 0.5) is 5.82 Å². The Bertz CT molecular complexity index is 1670. The lowest BCUT2D eigenvalue weighted by Crippen LogP contribution is -2.29. The van der Waals surface area contributed by atoms with E-state index in [1.807, 2.05) is 61.5 Å². The van der Waals surface area contributed by atoms with Crippen molar-refractivity contribution in [1.29, 1.82) is 0 Å². The van der Waals surface area contributed by atoms with E-state index in [0.717, 1.165) is 22.8 Å². The number of rotatable bonds is 5. The van der Waals surface area contributed by atoms with E-state index in [-0.39, 0.29) is 16.8 Å². The van der Waals surface area contributed by atoms with Gasteiger partial charge in [0.15, 0.2) is 11.2 Å². The fourth-order valence-electron chi connectivity index (χ4n) is 4.75. The van der Waals surface area contributed by atoms with Gasteiger partial charge < -0.3 is 13.7 Å². The SMILES string of the molecule is CCCOc1cccc(C2c3c(oc4ccc5ccccc5c4c3=O)C(=O)N2c2cc(C)on2)c1. The largest absolute Gasteiger partial charge is 0.494 e. The van der Waals surface area contributed by atoms with Gasteiger partial charge in [0.25, 0.3) is 5.91 Å². The minimum absolute atomic E-state index is 0.0170. The molecule has 1 aliphatic rings. The molecule has 0 aliphatic carbocycles. The van der Waals surface area contributed by atoms with Crippen LogP contribution in [0.25, 0.3) is 21.7 Å². The average Bonchev–Trinajstić information content (AvgIpc) is 3.43. The lowest BCUT2D eigenvalue weighted by molar-refractivity contribution is 0.0969. The lowest BCUT2D eigenvalue weighted by atomic mass is 9.96. The van der Waals surface area contributed by atoms with Crippen LogP contribution in [0.1, 0.15) is 46.8 Å². The van der Waals surface area contributed by atoms with Gasteiger partial charge in [-0.05, 0) is 47.9 Å². The van der Waals surface area contributed by atoms with Gasteiger partial charge in [-0.3, -0.25) is 14.5 Å². The van der Waals surface area contributed by atoms with Crippen LogP contribution >= 0.6 is 0 Å². The number of carbonyl (C=O) groups is 1. The molecule has 1 unspecified atom stereocenters. The summed E-state index contributed by atoms with van der Waals surface area (Å²) in [6, 6.07) is 19.6. The first-order valence-corrected chi connectivity index (χ1v) is 11.5. The van der Waals surface area contributed by atoms with Crippen LogP contribution in [-0.4, -0.2) is 17.7 Å². The molecule has 7 heteroatoms. The van der Waals surface area contributed by atoms with E-state index in [4.69, 9.17) is 13.7 Å². The van der Waals surface area contributed by atoms with E-state index in [0.29, 0.717) is 34.9 Å². The van der Waals surface area contributed by atoms with Crippen molar-refractivity contribution >= 4 is 33.5 Å². The van der Waals surface area contributed by atoms with Crippen LogP contribution in [0.5, 0.6) is 5.75 Å². The normalized spacial score (nSPS) is 15.2. The summed E-state index contributed by atoms with van der Waals surface area (Å²) in [5.74, 6) is 1.11. The maximum Gasteiger partial charge on any atom is 0.296 e. The van der Waals surface area contributed by atoms with E-state index in [9.17, 15) is 9.59 Å². The number of carbonyl (C=O) groups excluding carboxylic acids is 1. The number of hydrogen-bond acceptors (Lipinski definition) is 6. The third-order valence-electron chi connectivity index (χ3n) is 6.27. The molecule has 1 amide bonds. The summed E-state index contributed by atoms with van der Waals surface area (Å²) in [5, 5.41) is 6.24. The molecule has 0 radical (unpaired) electrons. The zero-order valence-corrected chi connectivity index (χ0v) is 19.3. The molecular formula is C28H22N2O5. The Labute approximate surface area is 200 Å². The monoisotopic (exact) mass is 466 g/mol. The highest BCUT2D eigenvalue weighted by molar-refractivity contribution is 6.12. The molecule has 0 saturated carbocycles. The molecule has 3 heterocycles. The predicted molar refractivity (Wildman–Crippen MR) is 132 cm³/mol. The van der Waals surface area contributed by atoms with Gasteiger partial charge in [0.05, 0.1) is 23.6 Å². The van der Waals surface area contributed by atoms with Gasteiger partial charge in [0, 0.05) is 6.07 Å². The van der Waals surface area contributed by atoms with Gasteiger partial charge in [-0.15, -0.1) is 0 Å². The van der Waals surface area contributed by atoms with Gasteiger partial charge >= 0.3 is 0 Å². The number of anilines is 1. The van der Waals surface area contributed by atoms with Gasteiger partial charge in [-0.1, -0.05) is 54.5 Å². The summed E-state index contributed by atoms with van der Waals surface area (Å²) in [7, 11) is 0. The van der Waals surface area contributed by atoms with Crippen LogP contribution < -0.4 is 15.1 Å². The standard InChI is InChI=1S/C28H22N2O5/c1-3-13-33-19-9-6-8-18(15-19)25-24-26(31)23-20-10-5-4-7-17(20)11-12-21(23)34-27(24)28(32)30(25)22-14-16(2)35-29-22/h4-12,14-15,25H,3,13H2,1-2H3. The molecule has 0 saturated heterocycles. The second-order valence-electron chi connectivity index (χ2n) is 8.63. The fourth-order valence-corrected chi connectivity index (χ4v) is 4.75. The number of hydrogen-bond donors (Lipinski definition) is 0. The number of ether oxygens (including phenoxy) is 1. The Kier molecular flexibility index (Phi) is 4.91. The first-order valence-electron chi connectivity index (χ1n) is 11.5. The quantitative estimate of drug-likeness (QED) is 0.305. The van der Waals surface area contributed by atoms with Gasteiger partial charge in [0.1, 0.15) is 17.1 Å². The molecule has 0 bridgehead atoms. The first kappa shape index (κ1) is 21.2. The van der Waals surface area contributed by atoms with Crippen molar-refractivity contribution in [2.75, 3.05) is 11.5 Å².